The molecule has 0 bridgehead atoms. The van der Waals surface area contributed by atoms with E-state index in [1.807, 2.05) is 30.3 Å². The molecule has 2 atom stereocenters. The quantitative estimate of drug-likeness (QED) is 0.756. The summed E-state index contributed by atoms with van der Waals surface area (Å²) < 4.78 is 5.63. The van der Waals surface area contributed by atoms with E-state index in [9.17, 15) is 9.59 Å². The molecule has 0 aliphatic carbocycles. The van der Waals surface area contributed by atoms with Gasteiger partial charge in [-0.05, 0) is 31.2 Å². The zero-order valence-electron chi connectivity index (χ0n) is 16.2. The first-order valence-corrected chi connectivity index (χ1v) is 10.9. The van der Waals surface area contributed by atoms with Crippen molar-refractivity contribution < 1.29 is 14.3 Å². The summed E-state index contributed by atoms with van der Waals surface area (Å²) in [6.07, 6.45) is 4.30. The van der Waals surface area contributed by atoms with Gasteiger partial charge in [-0.25, -0.2) is 4.79 Å². The number of rotatable bonds is 6. The van der Waals surface area contributed by atoms with E-state index >= 15 is 0 Å². The molecule has 154 valence electrons. The zero-order chi connectivity index (χ0) is 20.1. The number of hydrogen-bond acceptors (Lipinski definition) is 6. The first-order valence-electron chi connectivity index (χ1n) is 10.0. The fraction of sp³-hybridized carbons (Fsp3) is 0.500. The Kier molecular flexibility index (Phi) is 6.36. The maximum Gasteiger partial charge on any atom is 0.318 e. The molecule has 2 N–H and O–H groups in total. The number of likely N-dealkylation sites (tertiary alicyclic amines) is 1. The minimum atomic E-state index is -0.694. The summed E-state index contributed by atoms with van der Waals surface area (Å²) in [5.74, 6) is -0.295. The summed E-state index contributed by atoms with van der Waals surface area (Å²) in [4.78, 5) is 27.3. The van der Waals surface area contributed by atoms with Gasteiger partial charge >= 0.3 is 6.03 Å². The molecule has 2 saturated heterocycles. The van der Waals surface area contributed by atoms with Crippen molar-refractivity contribution in [2.45, 2.75) is 44.2 Å². The highest BCUT2D eigenvalue weighted by atomic mass is 32.1. The van der Waals surface area contributed by atoms with E-state index in [4.69, 9.17) is 4.74 Å². The van der Waals surface area contributed by atoms with Crippen LogP contribution in [0.2, 0.25) is 0 Å². The summed E-state index contributed by atoms with van der Waals surface area (Å²) in [7, 11) is 0. The van der Waals surface area contributed by atoms with Crippen LogP contribution in [0.25, 0.3) is 0 Å². The van der Waals surface area contributed by atoms with Crippen LogP contribution in [0.5, 0.6) is 0 Å². The normalized spacial score (nSPS) is 19.9. The number of amides is 3. The van der Waals surface area contributed by atoms with Crippen LogP contribution in [0, 0.1) is 0 Å². The SMILES string of the molecule is O=C(Nc1nnc(C2CCCO2)s1)[C@H](Cc1ccccc1)NC(=O)N1CCCC1. The highest BCUT2D eigenvalue weighted by Crippen LogP contribution is 2.31. The predicted octanol–water partition coefficient (Wildman–Crippen LogP) is 2.74. The molecule has 2 aliphatic rings. The number of nitrogens with zero attached hydrogens (tertiary/aromatic N) is 3. The van der Waals surface area contributed by atoms with Gasteiger partial charge in [0.2, 0.25) is 11.0 Å². The van der Waals surface area contributed by atoms with Gasteiger partial charge in [-0.1, -0.05) is 41.7 Å². The van der Waals surface area contributed by atoms with E-state index in [0.29, 0.717) is 11.6 Å². The van der Waals surface area contributed by atoms with Gasteiger partial charge in [0, 0.05) is 26.1 Å². The summed E-state index contributed by atoms with van der Waals surface area (Å²) in [6.45, 7) is 2.19. The molecule has 29 heavy (non-hydrogen) atoms. The number of hydrogen-bond donors (Lipinski definition) is 2. The maximum atomic E-state index is 13.0. The van der Waals surface area contributed by atoms with Gasteiger partial charge in [0.15, 0.2) is 0 Å². The predicted molar refractivity (Wildman–Crippen MR) is 110 cm³/mol. The molecule has 2 aliphatic heterocycles. The molecule has 0 radical (unpaired) electrons. The molecule has 1 aromatic heterocycles. The molecule has 0 spiro atoms. The summed E-state index contributed by atoms with van der Waals surface area (Å²) in [5.41, 5.74) is 0.978. The summed E-state index contributed by atoms with van der Waals surface area (Å²) in [6, 6.07) is 8.77. The van der Waals surface area contributed by atoms with Crippen LogP contribution < -0.4 is 10.6 Å². The van der Waals surface area contributed by atoms with Crippen molar-refractivity contribution in [2.75, 3.05) is 25.0 Å². The van der Waals surface area contributed by atoms with Gasteiger partial charge in [-0.3, -0.25) is 10.1 Å². The van der Waals surface area contributed by atoms with Crippen LogP contribution in [0.3, 0.4) is 0 Å². The van der Waals surface area contributed by atoms with Crippen molar-refractivity contribution in [2.24, 2.45) is 0 Å². The van der Waals surface area contributed by atoms with Crippen molar-refractivity contribution in [3.05, 3.63) is 40.9 Å². The lowest BCUT2D eigenvalue weighted by atomic mass is 10.1. The molecule has 0 saturated carbocycles. The molecule has 3 amide bonds. The fourth-order valence-electron chi connectivity index (χ4n) is 3.60. The molecule has 2 fully saturated rings. The van der Waals surface area contributed by atoms with Gasteiger partial charge in [0.25, 0.3) is 0 Å². The number of nitrogens with one attached hydrogen (secondary N) is 2. The zero-order valence-corrected chi connectivity index (χ0v) is 17.0. The van der Waals surface area contributed by atoms with E-state index in [-0.39, 0.29) is 18.0 Å². The lowest BCUT2D eigenvalue weighted by molar-refractivity contribution is -0.118. The van der Waals surface area contributed by atoms with Crippen molar-refractivity contribution in [1.82, 2.24) is 20.4 Å². The van der Waals surface area contributed by atoms with E-state index in [2.05, 4.69) is 20.8 Å². The van der Waals surface area contributed by atoms with E-state index in [0.717, 1.165) is 56.0 Å². The first kappa shape index (κ1) is 19.8. The molecular formula is C20H25N5O3S. The van der Waals surface area contributed by atoms with E-state index in [1.165, 1.54) is 11.3 Å². The highest BCUT2D eigenvalue weighted by molar-refractivity contribution is 7.15. The Morgan fingerprint density at radius 3 is 2.69 bits per heavy atom. The number of ether oxygens (including phenoxy) is 1. The summed E-state index contributed by atoms with van der Waals surface area (Å²) >= 11 is 1.32. The van der Waals surface area contributed by atoms with E-state index in [1.54, 1.807) is 4.90 Å². The molecule has 9 heteroatoms. The van der Waals surface area contributed by atoms with Crippen LogP contribution in [-0.2, 0) is 16.0 Å². The Bertz CT molecular complexity index is 832. The number of aromatic nitrogens is 2. The Balaban J connectivity index is 1.43. The second kappa shape index (κ2) is 9.32. The summed E-state index contributed by atoms with van der Waals surface area (Å²) in [5, 5.41) is 15.1. The minimum absolute atomic E-state index is 0.0341. The van der Waals surface area contributed by atoms with Crippen molar-refractivity contribution in [3.63, 3.8) is 0 Å². The lowest BCUT2D eigenvalue weighted by Gasteiger charge is -2.22. The van der Waals surface area contributed by atoms with Crippen LogP contribution in [0.1, 0.15) is 42.4 Å². The number of urea groups is 1. The molecule has 8 nitrogen and oxygen atoms in total. The monoisotopic (exact) mass is 415 g/mol. The molecule has 1 aromatic carbocycles. The first-order chi connectivity index (χ1) is 14.2. The van der Waals surface area contributed by atoms with Gasteiger partial charge in [-0.2, -0.15) is 0 Å². The fourth-order valence-corrected chi connectivity index (χ4v) is 4.43. The van der Waals surface area contributed by atoms with Crippen molar-refractivity contribution in [3.8, 4) is 0 Å². The van der Waals surface area contributed by atoms with Crippen LogP contribution >= 0.6 is 11.3 Å². The molecule has 3 heterocycles. The second-order valence-corrected chi connectivity index (χ2v) is 8.33. The smallest absolute Gasteiger partial charge is 0.318 e. The van der Waals surface area contributed by atoms with Crippen LogP contribution in [0.15, 0.2) is 30.3 Å². The molecule has 1 unspecified atom stereocenters. The molecule has 4 rings (SSSR count). The Hall–Kier alpha value is -2.52. The van der Waals surface area contributed by atoms with Crippen LogP contribution in [-0.4, -0.2) is 52.8 Å². The van der Waals surface area contributed by atoms with Gasteiger partial charge < -0.3 is 15.0 Å². The average molecular weight is 416 g/mol. The highest BCUT2D eigenvalue weighted by Gasteiger charge is 2.27. The Morgan fingerprint density at radius 2 is 1.97 bits per heavy atom. The van der Waals surface area contributed by atoms with Crippen molar-refractivity contribution >= 4 is 28.4 Å². The molecular weight excluding hydrogens is 390 g/mol. The average Bonchev–Trinajstić information content (AvgIpc) is 3.49. The van der Waals surface area contributed by atoms with Gasteiger partial charge in [-0.15, -0.1) is 10.2 Å². The largest absolute Gasteiger partial charge is 0.371 e. The standard InChI is InChI=1S/C20H25N5O3S/c26-17(22-19-24-23-18(29-19)16-9-6-12-28-16)15(13-14-7-2-1-3-8-14)21-20(27)25-10-4-5-11-25/h1-3,7-8,15-16H,4-6,9-13H2,(H,21,27)(H,22,24,26)/t15-,16?/m0/s1. The number of benzene rings is 1. The third kappa shape index (κ3) is 5.10. The van der Waals surface area contributed by atoms with E-state index < -0.39 is 6.04 Å². The maximum absolute atomic E-state index is 13.0. The molecule has 2 aromatic rings. The minimum Gasteiger partial charge on any atom is -0.371 e. The third-order valence-electron chi connectivity index (χ3n) is 5.17. The lowest BCUT2D eigenvalue weighted by Crippen LogP contribution is -2.49. The van der Waals surface area contributed by atoms with Crippen LogP contribution in [0.4, 0.5) is 9.93 Å². The number of anilines is 1. The third-order valence-corrected chi connectivity index (χ3v) is 6.10. The van der Waals surface area contributed by atoms with Gasteiger partial charge in [0.1, 0.15) is 17.2 Å². The van der Waals surface area contributed by atoms with Crippen molar-refractivity contribution in [1.29, 1.82) is 0 Å². The Morgan fingerprint density at radius 1 is 1.17 bits per heavy atom. The topological polar surface area (TPSA) is 96.5 Å². The van der Waals surface area contributed by atoms with Gasteiger partial charge in [0.05, 0.1) is 0 Å². The number of carbonyl (C=O) groups is 2. The number of carbonyl (C=O) groups excluding carboxylic acids is 2. The second-order valence-electron chi connectivity index (χ2n) is 7.32. The Labute approximate surface area is 173 Å².